The van der Waals surface area contributed by atoms with Gasteiger partial charge >= 0.3 is 0 Å². The van der Waals surface area contributed by atoms with Crippen molar-refractivity contribution in [2.24, 2.45) is 0 Å². The van der Waals surface area contributed by atoms with Crippen molar-refractivity contribution < 1.29 is 17.6 Å². The molecule has 0 fully saturated rings. The second-order valence-electron chi connectivity index (χ2n) is 2.49. The molecule has 0 unspecified atom stereocenters. The molecule has 4 heteroatoms. The Hall–Kier alpha value is -1.58. The third kappa shape index (κ3) is 2.22. The van der Waals surface area contributed by atoms with E-state index in [9.17, 15) is 17.6 Å². The number of benzene rings is 1. The molecule has 0 heterocycles. The van der Waals surface area contributed by atoms with Crippen LogP contribution in [0, 0.1) is 0 Å². The molecular formula is C10H6F4. The minimum Gasteiger partial charge on any atom is -0.212 e. The quantitative estimate of drug-likeness (QED) is 0.631. The monoisotopic (exact) mass is 202 g/mol. The van der Waals surface area contributed by atoms with Gasteiger partial charge in [-0.1, -0.05) is 24.3 Å². The lowest BCUT2D eigenvalue weighted by atomic mass is 10.1. The summed E-state index contributed by atoms with van der Waals surface area (Å²) in [6.07, 6.45) is -0.396. The van der Waals surface area contributed by atoms with Gasteiger partial charge < -0.3 is 0 Å². The standard InChI is InChI=1S/C10H6F4/c11-5-9(13)7-1-2-8(4-3-7)10(14)6-12/h1-6H/b9-5-,10-6-. The van der Waals surface area contributed by atoms with Crippen LogP contribution in [-0.2, 0) is 0 Å². The van der Waals surface area contributed by atoms with Gasteiger partial charge in [-0.05, 0) is 0 Å². The summed E-state index contributed by atoms with van der Waals surface area (Å²) in [5, 5.41) is 0. The van der Waals surface area contributed by atoms with Gasteiger partial charge in [-0.25, -0.2) is 17.6 Å². The Bertz CT molecular complexity index is 325. The molecule has 1 rings (SSSR count). The first-order valence-electron chi connectivity index (χ1n) is 3.71. The summed E-state index contributed by atoms with van der Waals surface area (Å²) in [5.41, 5.74) is -0.0502. The molecule has 1 aromatic rings. The summed E-state index contributed by atoms with van der Waals surface area (Å²) in [5.74, 6) is -2.11. The van der Waals surface area contributed by atoms with Crippen LogP contribution in [-0.4, -0.2) is 0 Å². The van der Waals surface area contributed by atoms with Crippen molar-refractivity contribution in [2.75, 3.05) is 0 Å². The van der Waals surface area contributed by atoms with E-state index in [4.69, 9.17) is 0 Å². The van der Waals surface area contributed by atoms with Crippen LogP contribution in [0.4, 0.5) is 17.6 Å². The predicted octanol–water partition coefficient (Wildman–Crippen LogP) is 4.16. The van der Waals surface area contributed by atoms with Gasteiger partial charge in [0.05, 0.1) is 0 Å². The van der Waals surface area contributed by atoms with E-state index in [1.165, 1.54) is 0 Å². The van der Waals surface area contributed by atoms with E-state index in [0.29, 0.717) is 0 Å². The van der Waals surface area contributed by atoms with Gasteiger partial charge in [0.2, 0.25) is 0 Å². The molecule has 0 N–H and O–H groups in total. The highest BCUT2D eigenvalue weighted by Crippen LogP contribution is 2.21. The van der Waals surface area contributed by atoms with Crippen molar-refractivity contribution in [3.8, 4) is 0 Å². The Balaban J connectivity index is 3.01. The molecule has 0 aromatic heterocycles. The van der Waals surface area contributed by atoms with Crippen LogP contribution in [0.2, 0.25) is 0 Å². The Kier molecular flexibility index (Phi) is 3.45. The maximum absolute atomic E-state index is 12.6. The minimum atomic E-state index is -1.05. The van der Waals surface area contributed by atoms with Crippen LogP contribution in [0.25, 0.3) is 11.7 Å². The SMILES string of the molecule is F/C=C(\F)c1ccc(/C(F)=C/F)cc1. The van der Waals surface area contributed by atoms with E-state index in [-0.39, 0.29) is 23.8 Å². The normalized spacial score (nSPS) is 13.1. The molecule has 0 nitrogen and oxygen atoms in total. The minimum absolute atomic E-state index is 0.0251. The van der Waals surface area contributed by atoms with Gasteiger partial charge in [-0.2, -0.15) is 0 Å². The zero-order valence-electron chi connectivity index (χ0n) is 6.98. The summed E-state index contributed by atoms with van der Waals surface area (Å²) >= 11 is 0. The van der Waals surface area contributed by atoms with E-state index in [1.807, 2.05) is 0 Å². The van der Waals surface area contributed by atoms with E-state index < -0.39 is 11.7 Å². The summed E-state index contributed by atoms with van der Waals surface area (Å²) in [7, 11) is 0. The third-order valence-electron chi connectivity index (χ3n) is 1.63. The second kappa shape index (κ2) is 4.60. The smallest absolute Gasteiger partial charge is 0.158 e. The van der Waals surface area contributed by atoms with Crippen molar-refractivity contribution in [1.29, 1.82) is 0 Å². The first-order valence-corrected chi connectivity index (χ1v) is 3.71. The van der Waals surface area contributed by atoms with Crippen molar-refractivity contribution in [1.82, 2.24) is 0 Å². The number of hydrogen-bond donors (Lipinski definition) is 0. The van der Waals surface area contributed by atoms with Gasteiger partial charge in [0.1, 0.15) is 12.7 Å². The molecule has 0 saturated carbocycles. The fourth-order valence-electron chi connectivity index (χ4n) is 0.915. The van der Waals surface area contributed by atoms with Crippen molar-refractivity contribution >= 4 is 11.7 Å². The average Bonchev–Trinajstić information content (AvgIpc) is 2.27. The van der Waals surface area contributed by atoms with Gasteiger partial charge in [0.25, 0.3) is 0 Å². The molecule has 0 bridgehead atoms. The summed E-state index contributed by atoms with van der Waals surface area (Å²) < 4.78 is 48.6. The Morgan fingerprint density at radius 2 is 1.07 bits per heavy atom. The van der Waals surface area contributed by atoms with E-state index >= 15 is 0 Å². The molecule has 0 amide bonds. The Morgan fingerprint density at radius 1 is 0.786 bits per heavy atom. The molecule has 0 atom stereocenters. The molecule has 74 valence electrons. The topological polar surface area (TPSA) is 0 Å². The predicted molar refractivity (Wildman–Crippen MR) is 46.8 cm³/mol. The molecule has 0 aliphatic heterocycles. The zero-order chi connectivity index (χ0) is 10.6. The second-order valence-corrected chi connectivity index (χ2v) is 2.49. The zero-order valence-corrected chi connectivity index (χ0v) is 6.98. The molecule has 0 radical (unpaired) electrons. The lowest BCUT2D eigenvalue weighted by molar-refractivity contribution is 0.669. The van der Waals surface area contributed by atoms with Gasteiger partial charge in [-0.3, -0.25) is 0 Å². The molecule has 0 aliphatic carbocycles. The summed E-state index contributed by atoms with van der Waals surface area (Å²) in [6, 6.07) is 4.63. The van der Waals surface area contributed by atoms with Crippen LogP contribution >= 0.6 is 0 Å². The summed E-state index contributed by atoms with van der Waals surface area (Å²) in [4.78, 5) is 0. The first-order chi connectivity index (χ1) is 6.69. The number of halogens is 4. The van der Waals surface area contributed by atoms with Crippen molar-refractivity contribution in [2.45, 2.75) is 0 Å². The molecule has 14 heavy (non-hydrogen) atoms. The maximum Gasteiger partial charge on any atom is 0.158 e. The summed E-state index contributed by atoms with van der Waals surface area (Å²) in [6.45, 7) is 0. The lowest BCUT2D eigenvalue weighted by Crippen LogP contribution is -1.80. The molecular weight excluding hydrogens is 196 g/mol. The largest absolute Gasteiger partial charge is 0.212 e. The lowest BCUT2D eigenvalue weighted by Gasteiger charge is -1.98. The molecule has 0 spiro atoms. The highest BCUT2D eigenvalue weighted by atomic mass is 19.2. The van der Waals surface area contributed by atoms with Crippen LogP contribution < -0.4 is 0 Å². The maximum atomic E-state index is 12.6. The van der Waals surface area contributed by atoms with Crippen LogP contribution in [0.1, 0.15) is 11.1 Å². The fourth-order valence-corrected chi connectivity index (χ4v) is 0.915. The van der Waals surface area contributed by atoms with Gasteiger partial charge in [0.15, 0.2) is 11.7 Å². The van der Waals surface area contributed by atoms with Crippen molar-refractivity contribution in [3.63, 3.8) is 0 Å². The Labute approximate surface area is 78.2 Å². The number of hydrogen-bond acceptors (Lipinski definition) is 0. The highest BCUT2D eigenvalue weighted by molar-refractivity contribution is 5.63. The van der Waals surface area contributed by atoms with Crippen LogP contribution in [0.15, 0.2) is 36.9 Å². The van der Waals surface area contributed by atoms with Crippen molar-refractivity contribution in [3.05, 3.63) is 48.1 Å². The third-order valence-corrected chi connectivity index (χ3v) is 1.63. The van der Waals surface area contributed by atoms with E-state index in [2.05, 4.69) is 0 Å². The average molecular weight is 202 g/mol. The molecule has 0 aliphatic rings. The van der Waals surface area contributed by atoms with Gasteiger partial charge in [-0.15, -0.1) is 0 Å². The molecule has 1 aromatic carbocycles. The number of rotatable bonds is 2. The van der Waals surface area contributed by atoms with Crippen LogP contribution in [0.3, 0.4) is 0 Å². The van der Waals surface area contributed by atoms with E-state index in [1.54, 1.807) is 0 Å². The first kappa shape index (κ1) is 10.5. The van der Waals surface area contributed by atoms with E-state index in [0.717, 1.165) is 24.3 Å². The van der Waals surface area contributed by atoms with Gasteiger partial charge in [0, 0.05) is 11.1 Å². The Morgan fingerprint density at radius 3 is 1.29 bits per heavy atom. The van der Waals surface area contributed by atoms with Crippen LogP contribution in [0.5, 0.6) is 0 Å². The molecule has 0 saturated heterocycles. The highest BCUT2D eigenvalue weighted by Gasteiger charge is 2.03. The fraction of sp³-hybridized carbons (Fsp3) is 0.